The molecule has 0 aliphatic heterocycles. The Hall–Kier alpha value is -1.75. The van der Waals surface area contributed by atoms with Crippen molar-refractivity contribution in [1.29, 1.82) is 0 Å². The first-order chi connectivity index (χ1) is 8.99. The van der Waals surface area contributed by atoms with E-state index >= 15 is 0 Å². The third-order valence-electron chi connectivity index (χ3n) is 2.92. The summed E-state index contributed by atoms with van der Waals surface area (Å²) in [6.07, 6.45) is 0. The fourth-order valence-corrected chi connectivity index (χ4v) is 2.25. The number of halogens is 1. The zero-order valence-corrected chi connectivity index (χ0v) is 11.7. The van der Waals surface area contributed by atoms with Crippen molar-refractivity contribution in [1.82, 2.24) is 14.9 Å². The monoisotopic (exact) mass is 280 g/mol. The summed E-state index contributed by atoms with van der Waals surface area (Å²) in [6, 6.07) is 5.55. The Balaban J connectivity index is 2.37. The predicted molar refractivity (Wildman–Crippen MR) is 76.3 cm³/mol. The molecule has 2 amide bonds. The molecule has 1 unspecified atom stereocenters. The van der Waals surface area contributed by atoms with E-state index in [2.05, 4.69) is 10.3 Å². The van der Waals surface area contributed by atoms with Crippen LogP contribution in [0.5, 0.6) is 0 Å². The summed E-state index contributed by atoms with van der Waals surface area (Å²) >= 11 is 6.17. The topological polar surface area (TPSA) is 72.9 Å². The second-order valence-corrected chi connectivity index (χ2v) is 5.18. The van der Waals surface area contributed by atoms with Gasteiger partial charge in [-0.1, -0.05) is 6.07 Å². The highest BCUT2D eigenvalue weighted by Crippen LogP contribution is 2.24. The number of nitrogens with two attached hydrogens (primary N) is 1. The van der Waals surface area contributed by atoms with Crippen molar-refractivity contribution < 1.29 is 4.79 Å². The molecule has 5 nitrogen and oxygen atoms in total. The molecule has 19 heavy (non-hydrogen) atoms. The van der Waals surface area contributed by atoms with Crippen LogP contribution in [0, 0.1) is 6.92 Å². The third-order valence-corrected chi connectivity index (χ3v) is 3.12. The fraction of sp³-hybridized carbons (Fsp3) is 0.385. The molecule has 3 N–H and O–H groups in total. The van der Waals surface area contributed by atoms with Crippen molar-refractivity contribution in [2.75, 3.05) is 6.54 Å². The number of amides is 2. The average Bonchev–Trinajstić information content (AvgIpc) is 2.67. The molecule has 0 radical (unpaired) electrons. The second-order valence-electron chi connectivity index (χ2n) is 4.52. The van der Waals surface area contributed by atoms with E-state index in [-0.39, 0.29) is 5.38 Å². The van der Waals surface area contributed by atoms with Gasteiger partial charge in [-0.25, -0.2) is 9.78 Å². The molecule has 0 saturated heterocycles. The number of carbonyl (C=O) groups excluding carboxylic acids is 1. The van der Waals surface area contributed by atoms with Crippen LogP contribution in [0.3, 0.4) is 0 Å². The first kappa shape index (κ1) is 13.7. The van der Waals surface area contributed by atoms with E-state index in [0.29, 0.717) is 13.1 Å². The van der Waals surface area contributed by atoms with Gasteiger partial charge in [0.25, 0.3) is 0 Å². The number of benzene rings is 1. The van der Waals surface area contributed by atoms with E-state index in [1.165, 1.54) is 0 Å². The number of nitrogens with one attached hydrogen (secondary N) is 1. The lowest BCUT2D eigenvalue weighted by molar-refractivity contribution is 0.248. The summed E-state index contributed by atoms with van der Waals surface area (Å²) in [5, 5.41) is 2.38. The molecule has 1 aromatic carbocycles. The van der Waals surface area contributed by atoms with Crippen LogP contribution in [0.2, 0.25) is 0 Å². The Kier molecular flexibility index (Phi) is 3.95. The van der Waals surface area contributed by atoms with Crippen molar-refractivity contribution >= 4 is 28.7 Å². The van der Waals surface area contributed by atoms with Gasteiger partial charge < -0.3 is 15.6 Å². The molecule has 0 bridgehead atoms. The smallest absolute Gasteiger partial charge is 0.312 e. The number of aromatic nitrogens is 2. The summed E-state index contributed by atoms with van der Waals surface area (Å²) in [5.74, 6) is 0.800. The summed E-state index contributed by atoms with van der Waals surface area (Å²) in [6.45, 7) is 4.95. The van der Waals surface area contributed by atoms with Crippen molar-refractivity contribution in [2.45, 2.75) is 25.8 Å². The Morgan fingerprint density at radius 3 is 2.95 bits per heavy atom. The van der Waals surface area contributed by atoms with Crippen molar-refractivity contribution in [3.8, 4) is 0 Å². The van der Waals surface area contributed by atoms with Gasteiger partial charge in [-0.05, 0) is 31.5 Å². The zero-order valence-electron chi connectivity index (χ0n) is 11.0. The lowest BCUT2D eigenvalue weighted by Gasteiger charge is -2.10. The quantitative estimate of drug-likeness (QED) is 0.844. The number of carbonyl (C=O) groups is 1. The minimum absolute atomic E-state index is 0.193. The average molecular weight is 281 g/mol. The van der Waals surface area contributed by atoms with Crippen LogP contribution in [0.25, 0.3) is 11.0 Å². The largest absolute Gasteiger partial charge is 0.352 e. The number of rotatable bonds is 4. The van der Waals surface area contributed by atoms with Gasteiger partial charge in [0.1, 0.15) is 5.82 Å². The minimum atomic E-state index is -0.527. The highest BCUT2D eigenvalue weighted by Gasteiger charge is 2.14. The summed E-state index contributed by atoms with van der Waals surface area (Å²) in [4.78, 5) is 15.3. The van der Waals surface area contributed by atoms with Gasteiger partial charge >= 0.3 is 6.03 Å². The first-order valence-electron chi connectivity index (χ1n) is 6.13. The van der Waals surface area contributed by atoms with Crippen LogP contribution < -0.4 is 11.1 Å². The highest BCUT2D eigenvalue weighted by molar-refractivity contribution is 6.20. The molecule has 2 aromatic rings. The number of imidazole rings is 1. The van der Waals surface area contributed by atoms with Gasteiger partial charge in [0.05, 0.1) is 16.4 Å². The molecule has 2 rings (SSSR count). The van der Waals surface area contributed by atoms with Crippen LogP contribution in [-0.2, 0) is 6.54 Å². The third kappa shape index (κ3) is 2.98. The van der Waals surface area contributed by atoms with Crippen molar-refractivity contribution in [3.63, 3.8) is 0 Å². The minimum Gasteiger partial charge on any atom is -0.352 e. The second kappa shape index (κ2) is 5.48. The Bertz CT molecular complexity index is 606. The molecule has 1 aromatic heterocycles. The number of primary amides is 1. The van der Waals surface area contributed by atoms with Crippen LogP contribution >= 0.6 is 11.6 Å². The van der Waals surface area contributed by atoms with Crippen molar-refractivity contribution in [3.05, 3.63) is 29.6 Å². The Morgan fingerprint density at radius 2 is 2.32 bits per heavy atom. The zero-order chi connectivity index (χ0) is 14.0. The summed E-state index contributed by atoms with van der Waals surface area (Å²) < 4.78 is 2.02. The molecule has 0 fully saturated rings. The van der Waals surface area contributed by atoms with Gasteiger partial charge in [-0.15, -0.1) is 11.6 Å². The van der Waals surface area contributed by atoms with E-state index in [1.807, 2.05) is 36.6 Å². The molecule has 1 atom stereocenters. The number of aryl methyl sites for hydroxylation is 1. The standard InChI is InChI=1S/C13H17ClN4O/c1-8-3-4-11-10(7-8)17-12(9(2)14)18(11)6-5-16-13(15)19/h3-4,7,9H,5-6H2,1-2H3,(H3,15,16,19). The summed E-state index contributed by atoms with van der Waals surface area (Å²) in [7, 11) is 0. The Labute approximate surface area is 116 Å². The number of alkyl halides is 1. The molecule has 0 spiro atoms. The van der Waals surface area contributed by atoms with E-state index < -0.39 is 6.03 Å². The maximum atomic E-state index is 10.7. The van der Waals surface area contributed by atoms with E-state index in [1.54, 1.807) is 0 Å². The van der Waals surface area contributed by atoms with Crippen molar-refractivity contribution in [2.24, 2.45) is 5.73 Å². The van der Waals surface area contributed by atoms with E-state index in [4.69, 9.17) is 17.3 Å². The fourth-order valence-electron chi connectivity index (χ4n) is 2.09. The lowest BCUT2D eigenvalue weighted by Crippen LogP contribution is -2.32. The Morgan fingerprint density at radius 1 is 1.58 bits per heavy atom. The van der Waals surface area contributed by atoms with E-state index in [0.717, 1.165) is 22.4 Å². The number of hydrogen-bond acceptors (Lipinski definition) is 2. The summed E-state index contributed by atoms with van der Waals surface area (Å²) in [5.41, 5.74) is 8.15. The van der Waals surface area contributed by atoms with Gasteiger partial charge in [-0.3, -0.25) is 0 Å². The van der Waals surface area contributed by atoms with E-state index in [9.17, 15) is 4.79 Å². The molecule has 0 aliphatic carbocycles. The molecule has 0 saturated carbocycles. The van der Waals surface area contributed by atoms with Gasteiger partial charge in [0.2, 0.25) is 0 Å². The SMILES string of the molecule is Cc1ccc2c(c1)nc(C(C)Cl)n2CCNC(N)=O. The highest BCUT2D eigenvalue weighted by atomic mass is 35.5. The number of urea groups is 1. The molecule has 1 heterocycles. The molecular formula is C13H17ClN4O. The van der Waals surface area contributed by atoms with Crippen LogP contribution in [0.1, 0.15) is 23.7 Å². The van der Waals surface area contributed by atoms with Gasteiger partial charge in [-0.2, -0.15) is 0 Å². The van der Waals surface area contributed by atoms with Gasteiger partial charge in [0, 0.05) is 13.1 Å². The molecule has 0 aliphatic rings. The normalized spacial score (nSPS) is 12.6. The van der Waals surface area contributed by atoms with Crippen LogP contribution in [-0.4, -0.2) is 22.1 Å². The number of nitrogens with zero attached hydrogens (tertiary/aromatic N) is 2. The first-order valence-corrected chi connectivity index (χ1v) is 6.57. The molecular weight excluding hydrogens is 264 g/mol. The van der Waals surface area contributed by atoms with Crippen LogP contribution in [0.15, 0.2) is 18.2 Å². The number of fused-ring (bicyclic) bond motifs is 1. The molecule has 102 valence electrons. The predicted octanol–water partition coefficient (Wildman–Crippen LogP) is 2.31. The van der Waals surface area contributed by atoms with Crippen LogP contribution in [0.4, 0.5) is 4.79 Å². The number of hydrogen-bond donors (Lipinski definition) is 2. The maximum Gasteiger partial charge on any atom is 0.312 e. The maximum absolute atomic E-state index is 10.7. The lowest BCUT2D eigenvalue weighted by atomic mass is 10.2. The van der Waals surface area contributed by atoms with Gasteiger partial charge in [0.15, 0.2) is 0 Å². The molecule has 6 heteroatoms.